The minimum atomic E-state index is -0.678. The van der Waals surface area contributed by atoms with E-state index in [1.807, 2.05) is 5.43 Å². The predicted octanol–water partition coefficient (Wildman–Crippen LogP) is -1.01. The summed E-state index contributed by atoms with van der Waals surface area (Å²) in [7, 11) is 0. The second-order valence-electron chi connectivity index (χ2n) is 1.53. The van der Waals surface area contributed by atoms with E-state index in [2.05, 4.69) is 5.10 Å². The van der Waals surface area contributed by atoms with Gasteiger partial charge in [0.1, 0.15) is 0 Å². The molecule has 5 N–H and O–H groups in total. The number of primary amides is 1. The smallest absolute Gasteiger partial charge is 0.332 e. The van der Waals surface area contributed by atoms with E-state index in [4.69, 9.17) is 11.5 Å². The highest BCUT2D eigenvalue weighted by molar-refractivity contribution is 5.85. The predicted molar refractivity (Wildman–Crippen MR) is 34.9 cm³/mol. The normalized spacial score (nSPS) is 11.1. The molecule has 0 saturated carbocycles. The van der Waals surface area contributed by atoms with E-state index >= 15 is 0 Å². The first kappa shape index (κ1) is 7.90. The summed E-state index contributed by atoms with van der Waals surface area (Å²) in [5.74, 6) is 0. The molecule has 52 valence electrons. The molecule has 0 heterocycles. The topological polar surface area (TPSA) is 93.5 Å². The zero-order chi connectivity index (χ0) is 7.28. The fraction of sp³-hybridized carbons (Fsp3) is 0.500. The summed E-state index contributed by atoms with van der Waals surface area (Å²) in [5, 5.41) is 3.51. The van der Waals surface area contributed by atoms with Crippen molar-refractivity contribution in [3.05, 3.63) is 0 Å². The summed E-state index contributed by atoms with van der Waals surface area (Å²) in [6, 6.07) is -0.678. The van der Waals surface area contributed by atoms with E-state index < -0.39 is 6.03 Å². The Bertz CT molecular complexity index is 131. The summed E-state index contributed by atoms with van der Waals surface area (Å²) >= 11 is 0. The molecule has 0 aliphatic heterocycles. The van der Waals surface area contributed by atoms with Gasteiger partial charge in [0, 0.05) is 12.3 Å². The summed E-state index contributed by atoms with van der Waals surface area (Å²) in [6.07, 6.45) is 0. The van der Waals surface area contributed by atoms with Crippen LogP contribution in [0.4, 0.5) is 4.79 Å². The molecule has 0 bridgehead atoms. The van der Waals surface area contributed by atoms with Crippen LogP contribution in [0.1, 0.15) is 6.92 Å². The Labute approximate surface area is 53.1 Å². The number of amides is 2. The van der Waals surface area contributed by atoms with E-state index in [1.54, 1.807) is 6.92 Å². The minimum absolute atomic E-state index is 0.320. The van der Waals surface area contributed by atoms with Crippen LogP contribution in [0, 0.1) is 0 Å². The second kappa shape index (κ2) is 3.85. The van der Waals surface area contributed by atoms with Crippen LogP contribution in [0.15, 0.2) is 5.10 Å². The van der Waals surface area contributed by atoms with Crippen molar-refractivity contribution in [3.8, 4) is 0 Å². The van der Waals surface area contributed by atoms with Gasteiger partial charge in [-0.1, -0.05) is 0 Å². The minimum Gasteiger partial charge on any atom is -0.350 e. The second-order valence-corrected chi connectivity index (χ2v) is 1.53. The Morgan fingerprint density at radius 3 is 2.67 bits per heavy atom. The van der Waals surface area contributed by atoms with Gasteiger partial charge in [-0.2, -0.15) is 5.10 Å². The van der Waals surface area contributed by atoms with Crippen molar-refractivity contribution in [1.29, 1.82) is 0 Å². The first-order valence-electron chi connectivity index (χ1n) is 2.45. The molecular weight excluding hydrogens is 120 g/mol. The Morgan fingerprint density at radius 2 is 2.33 bits per heavy atom. The zero-order valence-electron chi connectivity index (χ0n) is 5.22. The van der Waals surface area contributed by atoms with Crippen molar-refractivity contribution in [2.45, 2.75) is 6.92 Å². The number of hydrogen-bond donors (Lipinski definition) is 3. The Balaban J connectivity index is 3.56. The van der Waals surface area contributed by atoms with E-state index in [0.717, 1.165) is 0 Å². The van der Waals surface area contributed by atoms with E-state index in [9.17, 15) is 4.79 Å². The fourth-order valence-electron chi connectivity index (χ4n) is 0.196. The quantitative estimate of drug-likeness (QED) is 0.330. The van der Waals surface area contributed by atoms with Crippen LogP contribution >= 0.6 is 0 Å². The van der Waals surface area contributed by atoms with Crippen LogP contribution in [-0.2, 0) is 0 Å². The lowest BCUT2D eigenvalue weighted by Gasteiger charge is -1.93. The molecule has 2 amide bonds. The molecule has 0 rings (SSSR count). The molecule has 0 atom stereocenters. The maximum atomic E-state index is 9.98. The third kappa shape index (κ3) is 4.76. The van der Waals surface area contributed by atoms with Crippen molar-refractivity contribution in [1.82, 2.24) is 5.43 Å². The van der Waals surface area contributed by atoms with Gasteiger partial charge in [-0.25, -0.2) is 10.2 Å². The maximum absolute atomic E-state index is 9.98. The molecule has 0 unspecified atom stereocenters. The van der Waals surface area contributed by atoms with Crippen LogP contribution < -0.4 is 16.9 Å². The van der Waals surface area contributed by atoms with Crippen LogP contribution in [0.25, 0.3) is 0 Å². The number of nitrogens with two attached hydrogens (primary N) is 2. The van der Waals surface area contributed by atoms with Crippen LogP contribution in [0.3, 0.4) is 0 Å². The summed E-state index contributed by atoms with van der Waals surface area (Å²) < 4.78 is 0. The molecule has 0 aliphatic carbocycles. The van der Waals surface area contributed by atoms with Gasteiger partial charge in [-0.15, -0.1) is 0 Å². The van der Waals surface area contributed by atoms with Gasteiger partial charge in [-0.05, 0) is 6.92 Å². The molecule has 5 nitrogen and oxygen atoms in total. The lowest BCUT2D eigenvalue weighted by Crippen LogP contribution is -2.26. The maximum Gasteiger partial charge on any atom is 0.332 e. The van der Waals surface area contributed by atoms with Crippen LogP contribution in [0.5, 0.6) is 0 Å². The van der Waals surface area contributed by atoms with Gasteiger partial charge in [0.25, 0.3) is 0 Å². The monoisotopic (exact) mass is 130 g/mol. The molecule has 0 aliphatic rings. The van der Waals surface area contributed by atoms with Crippen LogP contribution in [0.2, 0.25) is 0 Å². The van der Waals surface area contributed by atoms with Crippen molar-refractivity contribution in [3.63, 3.8) is 0 Å². The molecule has 0 aromatic heterocycles. The molecule has 5 heteroatoms. The van der Waals surface area contributed by atoms with E-state index in [0.29, 0.717) is 12.3 Å². The third-order valence-corrected chi connectivity index (χ3v) is 0.652. The summed E-state index contributed by atoms with van der Waals surface area (Å²) in [5.41, 5.74) is 12.5. The summed E-state index contributed by atoms with van der Waals surface area (Å²) in [6.45, 7) is 2.01. The number of urea groups is 1. The number of nitrogens with one attached hydrogen (secondary N) is 1. The van der Waals surface area contributed by atoms with Gasteiger partial charge in [0.05, 0.1) is 0 Å². The molecule has 0 radical (unpaired) electrons. The van der Waals surface area contributed by atoms with Gasteiger partial charge >= 0.3 is 6.03 Å². The number of rotatable bonds is 2. The third-order valence-electron chi connectivity index (χ3n) is 0.652. The van der Waals surface area contributed by atoms with Crippen molar-refractivity contribution >= 4 is 11.7 Å². The van der Waals surface area contributed by atoms with Gasteiger partial charge in [0.15, 0.2) is 0 Å². The molecule has 0 fully saturated rings. The molecule has 0 aromatic rings. The van der Waals surface area contributed by atoms with Gasteiger partial charge in [0.2, 0.25) is 0 Å². The lowest BCUT2D eigenvalue weighted by atomic mass is 10.4. The number of carbonyl (C=O) groups is 1. The number of carbonyl (C=O) groups excluding carboxylic acids is 1. The number of hydrazone groups is 1. The molecular formula is C4H10N4O. The van der Waals surface area contributed by atoms with Crippen LogP contribution in [-0.4, -0.2) is 18.3 Å². The molecule has 0 spiro atoms. The first-order valence-corrected chi connectivity index (χ1v) is 2.45. The highest BCUT2D eigenvalue weighted by Gasteiger charge is 1.86. The summed E-state index contributed by atoms with van der Waals surface area (Å²) in [4.78, 5) is 9.98. The molecule has 0 saturated heterocycles. The lowest BCUT2D eigenvalue weighted by molar-refractivity contribution is 0.249. The largest absolute Gasteiger partial charge is 0.350 e. The van der Waals surface area contributed by atoms with E-state index in [-0.39, 0.29) is 0 Å². The average Bonchev–Trinajstić information content (AvgIpc) is 1.83. The van der Waals surface area contributed by atoms with E-state index in [1.165, 1.54) is 0 Å². The fourth-order valence-corrected chi connectivity index (χ4v) is 0.196. The first-order chi connectivity index (χ1) is 4.16. The Morgan fingerprint density at radius 1 is 1.78 bits per heavy atom. The number of nitrogens with zero attached hydrogens (tertiary/aromatic N) is 1. The van der Waals surface area contributed by atoms with Crippen molar-refractivity contribution in [2.75, 3.05) is 6.54 Å². The SMILES string of the molecule is C/C(CN)=N/NC(N)=O. The average molecular weight is 130 g/mol. The highest BCUT2D eigenvalue weighted by atomic mass is 16.2. The Hall–Kier alpha value is -1.10. The molecule has 9 heavy (non-hydrogen) atoms. The number of hydrogen-bond acceptors (Lipinski definition) is 3. The Kier molecular flexibility index (Phi) is 3.38. The van der Waals surface area contributed by atoms with Gasteiger partial charge < -0.3 is 11.5 Å². The van der Waals surface area contributed by atoms with Crippen molar-refractivity contribution in [2.24, 2.45) is 16.6 Å². The van der Waals surface area contributed by atoms with Crippen molar-refractivity contribution < 1.29 is 4.79 Å². The molecule has 0 aromatic carbocycles. The zero-order valence-corrected chi connectivity index (χ0v) is 5.22. The highest BCUT2D eigenvalue weighted by Crippen LogP contribution is 1.67. The standard InChI is InChI=1S/C4H10N4O/c1-3(2-5)7-8-4(6)9/h2,5H2,1H3,(H3,6,8,9)/b7-3-. The van der Waals surface area contributed by atoms with Gasteiger partial charge in [-0.3, -0.25) is 0 Å².